The van der Waals surface area contributed by atoms with E-state index in [9.17, 15) is 9.59 Å². The average Bonchev–Trinajstić information content (AvgIpc) is 2.98. The Bertz CT molecular complexity index is 417. The zero-order valence-corrected chi connectivity index (χ0v) is 14.0. The van der Waals surface area contributed by atoms with Gasteiger partial charge in [-0.2, -0.15) is 0 Å². The second-order valence-electron chi connectivity index (χ2n) is 7.14. The second kappa shape index (κ2) is 8.11. The summed E-state index contributed by atoms with van der Waals surface area (Å²) in [6.07, 6.45) is 6.33. The second-order valence-corrected chi connectivity index (χ2v) is 7.14. The summed E-state index contributed by atoms with van der Waals surface area (Å²) in [6.45, 7) is 5.94. The number of hydrogen-bond donors (Lipinski definition) is 2. The third kappa shape index (κ3) is 4.44. The molecule has 0 aromatic heterocycles. The Morgan fingerprint density at radius 2 is 1.96 bits per heavy atom. The van der Waals surface area contributed by atoms with Crippen LogP contribution < -0.4 is 10.2 Å². The first-order valence-corrected chi connectivity index (χ1v) is 9.22. The maximum atomic E-state index is 12.3. The fraction of sp³-hybridized carbons (Fsp3) is 0.882. The number of quaternary nitrogens is 1. The lowest BCUT2D eigenvalue weighted by Gasteiger charge is -2.31. The van der Waals surface area contributed by atoms with E-state index in [-0.39, 0.29) is 17.7 Å². The van der Waals surface area contributed by atoms with Crippen LogP contribution in [0.2, 0.25) is 0 Å². The Kier molecular flexibility index (Phi) is 5.89. The Morgan fingerprint density at radius 1 is 1.22 bits per heavy atom. The van der Waals surface area contributed by atoms with Gasteiger partial charge in [-0.1, -0.05) is 19.3 Å². The van der Waals surface area contributed by atoms with Crippen molar-refractivity contribution in [2.75, 3.05) is 45.9 Å². The summed E-state index contributed by atoms with van der Waals surface area (Å²) in [6, 6.07) is 0.381. The molecule has 23 heavy (non-hydrogen) atoms. The third-order valence-electron chi connectivity index (χ3n) is 5.52. The summed E-state index contributed by atoms with van der Waals surface area (Å²) in [7, 11) is 0. The van der Waals surface area contributed by atoms with Crippen LogP contribution in [0.3, 0.4) is 0 Å². The first-order chi connectivity index (χ1) is 11.2. The molecule has 1 unspecified atom stereocenters. The van der Waals surface area contributed by atoms with Crippen LogP contribution in [0, 0.1) is 5.92 Å². The van der Waals surface area contributed by atoms with Crippen LogP contribution in [-0.4, -0.2) is 68.7 Å². The summed E-state index contributed by atoms with van der Waals surface area (Å²) in [5, 5.41) is 3.04. The number of carbonyl (C=O) groups excluding carboxylic acids is 2. The smallest absolute Gasteiger partial charge is 0.225 e. The number of amides is 2. The zero-order chi connectivity index (χ0) is 16.1. The van der Waals surface area contributed by atoms with Gasteiger partial charge in [0.05, 0.1) is 32.2 Å². The van der Waals surface area contributed by atoms with Gasteiger partial charge >= 0.3 is 0 Å². The molecule has 2 saturated heterocycles. The third-order valence-corrected chi connectivity index (χ3v) is 5.52. The van der Waals surface area contributed by atoms with Crippen LogP contribution in [0.25, 0.3) is 0 Å². The Hall–Kier alpha value is -1.14. The number of likely N-dealkylation sites (tertiary alicyclic amines) is 1. The summed E-state index contributed by atoms with van der Waals surface area (Å²) in [4.78, 5) is 28.0. The van der Waals surface area contributed by atoms with Gasteiger partial charge in [-0.25, -0.2) is 0 Å². The van der Waals surface area contributed by atoms with E-state index in [0.717, 1.165) is 45.7 Å². The molecule has 1 atom stereocenters. The van der Waals surface area contributed by atoms with Gasteiger partial charge in [0.2, 0.25) is 11.8 Å². The number of ether oxygens (including phenoxy) is 1. The molecule has 2 amide bonds. The van der Waals surface area contributed by atoms with Crippen LogP contribution in [0.1, 0.15) is 38.5 Å². The highest BCUT2D eigenvalue weighted by Crippen LogP contribution is 2.28. The lowest BCUT2D eigenvalue weighted by molar-refractivity contribution is -0.906. The monoisotopic (exact) mass is 324 g/mol. The molecule has 6 heteroatoms. The number of hydrogen-bond acceptors (Lipinski definition) is 3. The van der Waals surface area contributed by atoms with Crippen molar-refractivity contribution in [1.29, 1.82) is 0 Å². The number of morpholine rings is 1. The van der Waals surface area contributed by atoms with Gasteiger partial charge in [-0.15, -0.1) is 0 Å². The summed E-state index contributed by atoms with van der Waals surface area (Å²) in [5.74, 6) is 0.0873. The topological polar surface area (TPSA) is 63.1 Å². The first-order valence-electron chi connectivity index (χ1n) is 9.22. The molecule has 0 bridgehead atoms. The van der Waals surface area contributed by atoms with E-state index in [1.165, 1.54) is 24.2 Å². The highest BCUT2D eigenvalue weighted by Gasteiger charge is 2.38. The van der Waals surface area contributed by atoms with Crippen molar-refractivity contribution in [3.63, 3.8) is 0 Å². The highest BCUT2D eigenvalue weighted by atomic mass is 16.5. The van der Waals surface area contributed by atoms with E-state index in [4.69, 9.17) is 4.74 Å². The van der Waals surface area contributed by atoms with Crippen LogP contribution in [0.5, 0.6) is 0 Å². The highest BCUT2D eigenvalue weighted by molar-refractivity contribution is 5.89. The SMILES string of the molecule is O=C(NCC[NH+]1CCOCC1)C1CC(=O)N(C2CCCCC2)C1. The van der Waals surface area contributed by atoms with Gasteiger partial charge < -0.3 is 19.9 Å². The normalized spacial score (nSPS) is 27.4. The molecule has 0 spiro atoms. The Balaban J connectivity index is 1.40. The van der Waals surface area contributed by atoms with Crippen molar-refractivity contribution < 1.29 is 19.2 Å². The van der Waals surface area contributed by atoms with Crippen LogP contribution >= 0.6 is 0 Å². The molecule has 0 aromatic carbocycles. The fourth-order valence-corrected chi connectivity index (χ4v) is 4.07. The minimum Gasteiger partial charge on any atom is -0.370 e. The zero-order valence-electron chi connectivity index (χ0n) is 14.0. The molecular formula is C17H30N3O3+. The molecule has 2 heterocycles. The number of rotatable bonds is 5. The molecule has 1 saturated carbocycles. The van der Waals surface area contributed by atoms with Gasteiger partial charge in [-0.3, -0.25) is 9.59 Å². The number of nitrogens with zero attached hydrogens (tertiary/aromatic N) is 1. The Labute approximate surface area is 138 Å². The fourth-order valence-electron chi connectivity index (χ4n) is 4.07. The van der Waals surface area contributed by atoms with Crippen molar-refractivity contribution in [3.05, 3.63) is 0 Å². The van der Waals surface area contributed by atoms with Gasteiger partial charge in [0.1, 0.15) is 13.1 Å². The van der Waals surface area contributed by atoms with Gasteiger partial charge in [0.25, 0.3) is 0 Å². The Morgan fingerprint density at radius 3 is 2.70 bits per heavy atom. The molecule has 3 aliphatic rings. The molecular weight excluding hydrogens is 294 g/mol. The molecule has 3 rings (SSSR count). The van der Waals surface area contributed by atoms with E-state index < -0.39 is 0 Å². The lowest BCUT2D eigenvalue weighted by atomic mass is 9.94. The summed E-state index contributed by atoms with van der Waals surface area (Å²) in [5.41, 5.74) is 0. The maximum Gasteiger partial charge on any atom is 0.225 e. The molecule has 130 valence electrons. The molecule has 2 N–H and O–H groups in total. The minimum absolute atomic E-state index is 0.0596. The molecule has 0 aromatic rings. The molecule has 0 radical (unpaired) electrons. The van der Waals surface area contributed by atoms with Crippen LogP contribution in [0.4, 0.5) is 0 Å². The van der Waals surface area contributed by atoms with Crippen molar-refractivity contribution in [1.82, 2.24) is 10.2 Å². The number of nitrogens with one attached hydrogen (secondary N) is 2. The van der Waals surface area contributed by atoms with E-state index in [0.29, 0.717) is 25.6 Å². The minimum atomic E-state index is -0.149. The van der Waals surface area contributed by atoms with E-state index in [1.54, 1.807) is 0 Å². The van der Waals surface area contributed by atoms with Gasteiger partial charge in [0.15, 0.2) is 0 Å². The maximum absolute atomic E-state index is 12.3. The van der Waals surface area contributed by atoms with Crippen LogP contribution in [0.15, 0.2) is 0 Å². The number of carbonyl (C=O) groups is 2. The molecule has 6 nitrogen and oxygen atoms in total. The van der Waals surface area contributed by atoms with Crippen molar-refractivity contribution in [2.45, 2.75) is 44.6 Å². The van der Waals surface area contributed by atoms with Crippen LogP contribution in [-0.2, 0) is 14.3 Å². The largest absolute Gasteiger partial charge is 0.370 e. The van der Waals surface area contributed by atoms with Crippen molar-refractivity contribution in [2.24, 2.45) is 5.92 Å². The predicted octanol–water partition coefficient (Wildman–Crippen LogP) is -0.801. The van der Waals surface area contributed by atoms with E-state index in [2.05, 4.69) is 5.32 Å². The lowest BCUT2D eigenvalue weighted by Crippen LogP contribution is -3.14. The predicted molar refractivity (Wildman–Crippen MR) is 86.1 cm³/mol. The van der Waals surface area contributed by atoms with E-state index in [1.807, 2.05) is 4.90 Å². The molecule has 1 aliphatic carbocycles. The molecule has 2 aliphatic heterocycles. The quantitative estimate of drug-likeness (QED) is 0.696. The summed E-state index contributed by atoms with van der Waals surface area (Å²) >= 11 is 0. The summed E-state index contributed by atoms with van der Waals surface area (Å²) < 4.78 is 5.34. The van der Waals surface area contributed by atoms with E-state index >= 15 is 0 Å². The average molecular weight is 324 g/mol. The van der Waals surface area contributed by atoms with Crippen molar-refractivity contribution in [3.8, 4) is 0 Å². The van der Waals surface area contributed by atoms with Gasteiger partial charge in [0, 0.05) is 19.0 Å². The van der Waals surface area contributed by atoms with Crippen molar-refractivity contribution >= 4 is 11.8 Å². The standard InChI is InChI=1S/C17H29N3O3/c21-16-12-14(13-20(16)15-4-2-1-3-5-15)17(22)18-6-7-19-8-10-23-11-9-19/h14-15H,1-13H2,(H,18,22)/p+1. The molecule has 3 fully saturated rings. The van der Waals surface area contributed by atoms with Gasteiger partial charge in [-0.05, 0) is 12.8 Å². The first kappa shape index (κ1) is 16.7.